The molecule has 0 radical (unpaired) electrons. The van der Waals surface area contributed by atoms with Gasteiger partial charge in [-0.05, 0) is 61.5 Å². The SMILES string of the molecule is C.CC#CCOc1cccc(C#N)c1.N#Cc1cccc(OCC#CCOc2cccc(C#N)c2)c1. The summed E-state index contributed by atoms with van der Waals surface area (Å²) in [4.78, 5) is 0. The van der Waals surface area contributed by atoms with Gasteiger partial charge in [-0.25, -0.2) is 0 Å². The van der Waals surface area contributed by atoms with Gasteiger partial charge >= 0.3 is 0 Å². The Kier molecular flexibility index (Phi) is 13.7. The van der Waals surface area contributed by atoms with E-state index in [9.17, 15) is 0 Å². The molecule has 0 aromatic heterocycles. The third-order valence-corrected chi connectivity index (χ3v) is 4.12. The van der Waals surface area contributed by atoms with Crippen LogP contribution in [0.5, 0.6) is 17.2 Å². The third kappa shape index (κ3) is 11.0. The van der Waals surface area contributed by atoms with Crippen LogP contribution in [-0.2, 0) is 0 Å². The minimum atomic E-state index is 0. The van der Waals surface area contributed by atoms with E-state index in [2.05, 4.69) is 23.7 Å². The fourth-order valence-electron chi connectivity index (χ4n) is 2.50. The molecule has 0 saturated heterocycles. The van der Waals surface area contributed by atoms with E-state index in [1.807, 2.05) is 18.2 Å². The molecule has 0 heterocycles. The van der Waals surface area contributed by atoms with Gasteiger partial charge in [-0.15, -0.1) is 5.92 Å². The monoisotopic (exact) mass is 475 g/mol. The van der Waals surface area contributed by atoms with Crippen LogP contribution in [-0.4, -0.2) is 19.8 Å². The first-order chi connectivity index (χ1) is 17.2. The molecule has 0 bridgehead atoms. The van der Waals surface area contributed by atoms with Crippen LogP contribution in [0.25, 0.3) is 0 Å². The standard InChI is InChI=1S/C18H12N2O2.C11H9NO.CH4/c19-13-15-5-3-7-17(11-15)21-9-1-2-10-22-18-8-4-6-16(12-18)14-20;1-2-3-7-13-11-6-4-5-10(8-11)9-12;/h3-8,11-12H,9-10H2;4-6,8H,7H2,1H3;1H4. The van der Waals surface area contributed by atoms with Crippen LogP contribution in [0.1, 0.15) is 31.0 Å². The van der Waals surface area contributed by atoms with Crippen LogP contribution in [0.2, 0.25) is 0 Å². The summed E-state index contributed by atoms with van der Waals surface area (Å²) in [5.74, 6) is 13.1. The molecule has 0 amide bonds. The molecule has 3 aromatic carbocycles. The summed E-state index contributed by atoms with van der Waals surface area (Å²) in [7, 11) is 0. The highest BCUT2D eigenvalue weighted by atomic mass is 16.5. The minimum Gasteiger partial charge on any atom is -0.481 e. The Morgan fingerprint density at radius 2 is 0.889 bits per heavy atom. The molecule has 0 N–H and O–H groups in total. The number of rotatable bonds is 6. The Bertz CT molecular complexity index is 1310. The average molecular weight is 476 g/mol. The van der Waals surface area contributed by atoms with Gasteiger partial charge < -0.3 is 14.2 Å². The van der Waals surface area contributed by atoms with Crippen LogP contribution in [0.15, 0.2) is 72.8 Å². The summed E-state index contributed by atoms with van der Waals surface area (Å²) >= 11 is 0. The molecule has 0 saturated carbocycles. The van der Waals surface area contributed by atoms with Crippen molar-refractivity contribution < 1.29 is 14.2 Å². The van der Waals surface area contributed by atoms with Crippen LogP contribution < -0.4 is 14.2 Å². The van der Waals surface area contributed by atoms with E-state index in [0.29, 0.717) is 40.5 Å². The van der Waals surface area contributed by atoms with Gasteiger partial charge in [-0.2, -0.15) is 15.8 Å². The largest absolute Gasteiger partial charge is 0.481 e. The lowest BCUT2D eigenvalue weighted by molar-refractivity contribution is 0.362. The molecular formula is C30H25N3O3. The molecule has 0 fully saturated rings. The number of benzene rings is 3. The van der Waals surface area contributed by atoms with E-state index in [1.54, 1.807) is 79.7 Å². The molecule has 6 nitrogen and oxygen atoms in total. The van der Waals surface area contributed by atoms with E-state index in [4.69, 9.17) is 30.0 Å². The summed E-state index contributed by atoms with van der Waals surface area (Å²) in [5, 5.41) is 26.2. The van der Waals surface area contributed by atoms with Gasteiger partial charge in [0.05, 0.1) is 34.9 Å². The summed E-state index contributed by atoms with van der Waals surface area (Å²) < 4.78 is 16.1. The molecule has 3 rings (SSSR count). The van der Waals surface area contributed by atoms with Crippen molar-refractivity contribution in [1.82, 2.24) is 0 Å². The molecule has 178 valence electrons. The maximum absolute atomic E-state index is 8.78. The minimum absolute atomic E-state index is 0. The number of hydrogen-bond acceptors (Lipinski definition) is 6. The van der Waals surface area contributed by atoms with Gasteiger partial charge in [-0.3, -0.25) is 0 Å². The van der Waals surface area contributed by atoms with Gasteiger partial charge in [0.2, 0.25) is 0 Å². The third-order valence-electron chi connectivity index (χ3n) is 4.12. The molecule has 0 atom stereocenters. The molecular weight excluding hydrogens is 450 g/mol. The second kappa shape index (κ2) is 17.2. The Morgan fingerprint density at radius 3 is 1.19 bits per heavy atom. The molecule has 0 unspecified atom stereocenters. The molecule has 6 heteroatoms. The zero-order chi connectivity index (χ0) is 25.1. The van der Waals surface area contributed by atoms with Crippen LogP contribution in [0.3, 0.4) is 0 Å². The smallest absolute Gasteiger partial charge is 0.149 e. The summed E-state index contributed by atoms with van der Waals surface area (Å²) in [6.07, 6.45) is 0. The molecule has 0 aliphatic heterocycles. The Balaban J connectivity index is 0.000000397. The van der Waals surface area contributed by atoms with E-state index in [0.717, 1.165) is 0 Å². The quantitative estimate of drug-likeness (QED) is 0.437. The molecule has 0 aliphatic carbocycles. The van der Waals surface area contributed by atoms with E-state index >= 15 is 0 Å². The fourth-order valence-corrected chi connectivity index (χ4v) is 2.50. The van der Waals surface area contributed by atoms with Crippen LogP contribution in [0, 0.1) is 57.7 Å². The zero-order valence-corrected chi connectivity index (χ0v) is 19.1. The lowest BCUT2D eigenvalue weighted by Crippen LogP contribution is -1.97. The zero-order valence-electron chi connectivity index (χ0n) is 19.1. The number of nitrogens with zero attached hydrogens (tertiary/aromatic N) is 3. The number of hydrogen-bond donors (Lipinski definition) is 0. The number of ether oxygens (including phenoxy) is 3. The Morgan fingerprint density at radius 1 is 0.556 bits per heavy atom. The highest BCUT2D eigenvalue weighted by Gasteiger charge is 1.96. The van der Waals surface area contributed by atoms with Crippen LogP contribution >= 0.6 is 0 Å². The van der Waals surface area contributed by atoms with E-state index in [-0.39, 0.29) is 20.6 Å². The van der Waals surface area contributed by atoms with Gasteiger partial charge in [0.15, 0.2) is 0 Å². The molecule has 3 aromatic rings. The average Bonchev–Trinajstić information content (AvgIpc) is 2.91. The van der Waals surface area contributed by atoms with Crippen molar-refractivity contribution in [3.63, 3.8) is 0 Å². The molecule has 0 aliphatic rings. The van der Waals surface area contributed by atoms with Crippen molar-refractivity contribution in [3.8, 4) is 59.1 Å². The van der Waals surface area contributed by atoms with Gasteiger partial charge in [-0.1, -0.05) is 43.4 Å². The lowest BCUT2D eigenvalue weighted by atomic mass is 10.2. The van der Waals surface area contributed by atoms with E-state index in [1.165, 1.54) is 0 Å². The van der Waals surface area contributed by atoms with Crippen LogP contribution in [0.4, 0.5) is 0 Å². The maximum Gasteiger partial charge on any atom is 0.149 e. The van der Waals surface area contributed by atoms with Crippen molar-refractivity contribution in [2.75, 3.05) is 19.8 Å². The second-order valence-corrected chi connectivity index (χ2v) is 6.57. The first kappa shape index (κ1) is 28.7. The van der Waals surface area contributed by atoms with Crippen molar-refractivity contribution in [1.29, 1.82) is 15.8 Å². The fraction of sp³-hybridized carbons (Fsp3) is 0.167. The van der Waals surface area contributed by atoms with Crippen molar-refractivity contribution >= 4 is 0 Å². The van der Waals surface area contributed by atoms with Crippen molar-refractivity contribution in [2.45, 2.75) is 14.4 Å². The van der Waals surface area contributed by atoms with Gasteiger partial charge in [0.25, 0.3) is 0 Å². The predicted octanol–water partition coefficient (Wildman–Crippen LogP) is 5.49. The van der Waals surface area contributed by atoms with Gasteiger partial charge in [0, 0.05) is 0 Å². The normalized spacial score (nSPS) is 8.28. The molecule has 0 spiro atoms. The second-order valence-electron chi connectivity index (χ2n) is 6.57. The van der Waals surface area contributed by atoms with Gasteiger partial charge in [0.1, 0.15) is 37.1 Å². The Labute approximate surface area is 212 Å². The van der Waals surface area contributed by atoms with E-state index < -0.39 is 0 Å². The number of nitriles is 3. The first-order valence-electron chi connectivity index (χ1n) is 10.4. The molecule has 36 heavy (non-hydrogen) atoms. The predicted molar refractivity (Wildman–Crippen MR) is 138 cm³/mol. The lowest BCUT2D eigenvalue weighted by Gasteiger charge is -2.02. The van der Waals surface area contributed by atoms with Crippen molar-refractivity contribution in [2.24, 2.45) is 0 Å². The maximum atomic E-state index is 8.78. The highest BCUT2D eigenvalue weighted by molar-refractivity contribution is 5.38. The summed E-state index contributed by atoms with van der Waals surface area (Å²) in [6, 6.07) is 26.9. The summed E-state index contributed by atoms with van der Waals surface area (Å²) in [5.41, 5.74) is 1.69. The Hall–Kier alpha value is -5.35. The van der Waals surface area contributed by atoms with Crippen molar-refractivity contribution in [3.05, 3.63) is 89.5 Å². The summed E-state index contributed by atoms with van der Waals surface area (Å²) in [6.45, 7) is 2.56. The first-order valence-corrected chi connectivity index (χ1v) is 10.4. The highest BCUT2D eigenvalue weighted by Crippen LogP contribution is 2.13. The topological polar surface area (TPSA) is 99.1 Å².